The largest absolute Gasteiger partial charge is 0.872 e. The molecule has 0 aromatic heterocycles. The zero-order chi connectivity index (χ0) is 15.4. The Balaban J connectivity index is 2.07. The molecule has 2 rings (SSSR count). The number of hydrogen-bond donors (Lipinski definition) is 3. The Morgan fingerprint density at radius 2 is 1.62 bits per heavy atom. The van der Waals surface area contributed by atoms with E-state index in [2.05, 4.69) is 10.9 Å². The van der Waals surface area contributed by atoms with Gasteiger partial charge in [0.2, 0.25) is 0 Å². The van der Waals surface area contributed by atoms with Crippen LogP contribution in [0.25, 0.3) is 0 Å². The molecule has 108 valence electrons. The van der Waals surface area contributed by atoms with Crippen LogP contribution in [0.3, 0.4) is 0 Å². The van der Waals surface area contributed by atoms with Crippen LogP contribution >= 0.6 is 0 Å². The van der Waals surface area contributed by atoms with Crippen LogP contribution in [0.2, 0.25) is 0 Å². The van der Waals surface area contributed by atoms with E-state index in [4.69, 9.17) is 5.11 Å². The summed E-state index contributed by atoms with van der Waals surface area (Å²) >= 11 is 0. The minimum absolute atomic E-state index is 0.0376. The highest BCUT2D eigenvalue weighted by Gasteiger charge is 2.06. The summed E-state index contributed by atoms with van der Waals surface area (Å²) in [5.41, 5.74) is 6.00. The van der Waals surface area contributed by atoms with E-state index >= 15 is 0 Å². The van der Waals surface area contributed by atoms with E-state index in [1.807, 2.05) is 0 Å². The number of carboxylic acids is 1. The maximum Gasteiger partial charge on any atom is 0.335 e. The molecule has 0 saturated carbocycles. The van der Waals surface area contributed by atoms with Crippen LogP contribution in [0, 0.1) is 10.1 Å². The lowest BCUT2D eigenvalue weighted by molar-refractivity contribution is -0.384. The first-order chi connectivity index (χ1) is 9.97. The molecule has 0 bridgehead atoms. The van der Waals surface area contributed by atoms with Crippen molar-refractivity contribution < 1.29 is 19.9 Å². The summed E-state index contributed by atoms with van der Waals surface area (Å²) in [7, 11) is 0. The van der Waals surface area contributed by atoms with E-state index in [0.717, 1.165) is 6.07 Å². The number of nitro groups is 1. The summed E-state index contributed by atoms with van der Waals surface area (Å²) in [6, 6.07) is 9.40. The first-order valence-corrected chi connectivity index (χ1v) is 5.78. The van der Waals surface area contributed by atoms with Gasteiger partial charge >= 0.3 is 5.97 Å². The number of anilines is 2. The van der Waals surface area contributed by atoms with E-state index in [1.165, 1.54) is 36.4 Å². The highest BCUT2D eigenvalue weighted by atomic mass is 16.6. The average molecular weight is 288 g/mol. The van der Waals surface area contributed by atoms with Crippen LogP contribution in [0.15, 0.2) is 42.5 Å². The minimum Gasteiger partial charge on any atom is -0.872 e. The second kappa shape index (κ2) is 5.78. The van der Waals surface area contributed by atoms with Crippen LogP contribution in [0.5, 0.6) is 5.75 Å². The van der Waals surface area contributed by atoms with Crippen molar-refractivity contribution in [3.8, 4) is 5.75 Å². The first kappa shape index (κ1) is 14.1. The SMILES string of the molecule is O=C(O)c1cc(NNc2ccc([N+](=O)[O-])cc2)ccc1[O-]. The number of aromatic carboxylic acids is 1. The Labute approximate surface area is 118 Å². The van der Waals surface area contributed by atoms with Crippen molar-refractivity contribution in [2.24, 2.45) is 0 Å². The molecule has 8 heteroatoms. The Hall–Kier alpha value is -3.29. The molecule has 2 aromatic rings. The van der Waals surface area contributed by atoms with Crippen molar-refractivity contribution in [2.45, 2.75) is 0 Å². The molecule has 0 aliphatic heterocycles. The maximum atomic E-state index is 11.3. The van der Waals surface area contributed by atoms with Crippen molar-refractivity contribution in [1.29, 1.82) is 0 Å². The molecule has 0 saturated heterocycles. The summed E-state index contributed by atoms with van der Waals surface area (Å²) in [5, 5.41) is 30.7. The van der Waals surface area contributed by atoms with Gasteiger partial charge in [0.25, 0.3) is 5.69 Å². The molecule has 3 N–H and O–H groups in total. The highest BCUT2D eigenvalue weighted by molar-refractivity contribution is 5.91. The third kappa shape index (κ3) is 3.38. The van der Waals surface area contributed by atoms with Crippen molar-refractivity contribution in [3.05, 3.63) is 58.1 Å². The second-order valence-corrected chi connectivity index (χ2v) is 4.07. The van der Waals surface area contributed by atoms with E-state index in [1.54, 1.807) is 0 Å². The normalized spacial score (nSPS) is 9.90. The second-order valence-electron chi connectivity index (χ2n) is 4.07. The van der Waals surface area contributed by atoms with Gasteiger partial charge in [0.05, 0.1) is 21.9 Å². The molecule has 0 atom stereocenters. The van der Waals surface area contributed by atoms with E-state index in [9.17, 15) is 20.0 Å². The van der Waals surface area contributed by atoms with E-state index in [-0.39, 0.29) is 11.3 Å². The van der Waals surface area contributed by atoms with Crippen molar-refractivity contribution in [1.82, 2.24) is 0 Å². The lowest BCUT2D eigenvalue weighted by Gasteiger charge is -2.14. The van der Waals surface area contributed by atoms with E-state index < -0.39 is 16.6 Å². The molecular weight excluding hydrogens is 278 g/mol. The Kier molecular flexibility index (Phi) is 3.89. The number of rotatable bonds is 5. The number of hydrazine groups is 1. The van der Waals surface area contributed by atoms with Gasteiger partial charge in [-0.05, 0) is 24.3 Å². The topological polar surface area (TPSA) is 128 Å². The van der Waals surface area contributed by atoms with Gasteiger partial charge in [-0.15, -0.1) is 0 Å². The fourth-order valence-corrected chi connectivity index (χ4v) is 1.59. The van der Waals surface area contributed by atoms with Crippen LogP contribution < -0.4 is 16.0 Å². The highest BCUT2D eigenvalue weighted by Crippen LogP contribution is 2.20. The Morgan fingerprint density at radius 1 is 1.05 bits per heavy atom. The smallest absolute Gasteiger partial charge is 0.335 e. The molecule has 0 aliphatic carbocycles. The van der Waals surface area contributed by atoms with Crippen molar-refractivity contribution in [2.75, 3.05) is 10.9 Å². The van der Waals surface area contributed by atoms with Crippen LogP contribution in [0.1, 0.15) is 10.4 Å². The van der Waals surface area contributed by atoms with Crippen molar-refractivity contribution >= 4 is 23.0 Å². The molecule has 0 unspecified atom stereocenters. The zero-order valence-electron chi connectivity index (χ0n) is 10.6. The van der Waals surface area contributed by atoms with Gasteiger partial charge in [-0.2, -0.15) is 0 Å². The number of nitro benzene ring substituents is 1. The van der Waals surface area contributed by atoms with Crippen LogP contribution in [-0.4, -0.2) is 16.0 Å². The van der Waals surface area contributed by atoms with Crippen LogP contribution in [0.4, 0.5) is 17.1 Å². The van der Waals surface area contributed by atoms with Gasteiger partial charge in [-0.25, -0.2) is 4.79 Å². The minimum atomic E-state index is -1.31. The molecule has 0 radical (unpaired) electrons. The van der Waals surface area contributed by atoms with E-state index in [0.29, 0.717) is 11.4 Å². The molecule has 0 spiro atoms. The maximum absolute atomic E-state index is 11.3. The molecular formula is C13H10N3O5-. The Bertz CT molecular complexity index is 685. The van der Waals surface area contributed by atoms with Gasteiger partial charge in [-0.1, -0.05) is 11.8 Å². The molecule has 0 amide bonds. The predicted molar refractivity (Wildman–Crippen MR) is 73.2 cm³/mol. The lowest BCUT2D eigenvalue weighted by atomic mass is 10.2. The molecule has 0 fully saturated rings. The fourth-order valence-electron chi connectivity index (χ4n) is 1.59. The standard InChI is InChI=1S/C13H11N3O5/c17-12-6-3-9(7-11(12)13(18)19)15-14-8-1-4-10(5-2-8)16(20)21/h1-7,14-15,17H,(H,18,19)/p-1. The third-order valence-corrected chi connectivity index (χ3v) is 2.64. The summed E-state index contributed by atoms with van der Waals surface area (Å²) in [6.45, 7) is 0. The molecule has 2 aromatic carbocycles. The summed E-state index contributed by atoms with van der Waals surface area (Å²) in [5.74, 6) is -1.89. The van der Waals surface area contributed by atoms with Gasteiger partial charge < -0.3 is 21.1 Å². The number of hydrogen-bond acceptors (Lipinski definition) is 6. The number of carbonyl (C=O) groups is 1. The van der Waals surface area contributed by atoms with Gasteiger partial charge in [0.15, 0.2) is 0 Å². The number of nitrogens with one attached hydrogen (secondary N) is 2. The van der Waals surface area contributed by atoms with Gasteiger partial charge in [0.1, 0.15) is 0 Å². The van der Waals surface area contributed by atoms with Gasteiger partial charge in [-0.3, -0.25) is 10.1 Å². The van der Waals surface area contributed by atoms with Crippen molar-refractivity contribution in [3.63, 3.8) is 0 Å². The quantitative estimate of drug-likeness (QED) is 0.565. The number of carboxylic acid groups (broad SMARTS) is 1. The fraction of sp³-hybridized carbons (Fsp3) is 0. The predicted octanol–water partition coefficient (Wildman–Crippen LogP) is 1.81. The monoisotopic (exact) mass is 288 g/mol. The average Bonchev–Trinajstić information content (AvgIpc) is 2.46. The first-order valence-electron chi connectivity index (χ1n) is 5.78. The molecule has 0 aliphatic rings. The molecule has 8 nitrogen and oxygen atoms in total. The molecule has 0 heterocycles. The van der Waals surface area contributed by atoms with Crippen LogP contribution in [-0.2, 0) is 0 Å². The number of nitrogens with zero attached hydrogens (tertiary/aromatic N) is 1. The Morgan fingerprint density at radius 3 is 2.19 bits per heavy atom. The molecule has 21 heavy (non-hydrogen) atoms. The zero-order valence-corrected chi connectivity index (χ0v) is 10.6. The summed E-state index contributed by atoms with van der Waals surface area (Å²) in [4.78, 5) is 20.8. The summed E-state index contributed by atoms with van der Waals surface area (Å²) in [6.07, 6.45) is 0. The summed E-state index contributed by atoms with van der Waals surface area (Å²) < 4.78 is 0. The number of non-ortho nitro benzene ring substituents is 1. The van der Waals surface area contributed by atoms with Gasteiger partial charge in [0, 0.05) is 12.1 Å². The third-order valence-electron chi connectivity index (χ3n) is 2.64. The lowest BCUT2D eigenvalue weighted by Crippen LogP contribution is -2.10. The number of benzene rings is 2.